The van der Waals surface area contributed by atoms with Crippen LogP contribution >= 0.6 is 0 Å². The molecule has 2 heterocycles. The Kier molecular flexibility index (Phi) is 7.22. The van der Waals surface area contributed by atoms with Crippen LogP contribution in [0.5, 0.6) is 0 Å². The summed E-state index contributed by atoms with van der Waals surface area (Å²) in [5, 5.41) is 4.02. The van der Waals surface area contributed by atoms with Crippen molar-refractivity contribution in [2.24, 2.45) is 5.92 Å². The maximum absolute atomic E-state index is 14.5. The Bertz CT molecular complexity index is 1040. The van der Waals surface area contributed by atoms with Gasteiger partial charge < -0.3 is 19.9 Å². The first-order chi connectivity index (χ1) is 15.5. The lowest BCUT2D eigenvalue weighted by Crippen LogP contribution is -2.39. The molecule has 1 unspecified atom stereocenters. The molecule has 0 saturated carbocycles. The maximum Gasteiger partial charge on any atom is 0.251 e. The van der Waals surface area contributed by atoms with E-state index in [2.05, 4.69) is 29.0 Å². The number of nitrogens with one attached hydrogen (secondary N) is 2. The Morgan fingerprint density at radius 1 is 1.19 bits per heavy atom. The highest BCUT2D eigenvalue weighted by molar-refractivity contribution is 5.98. The molecule has 0 spiro atoms. The third-order valence-corrected chi connectivity index (χ3v) is 6.42. The number of halogens is 1. The number of amides is 1. The van der Waals surface area contributed by atoms with Gasteiger partial charge in [-0.15, -0.1) is 0 Å². The topological polar surface area (TPSA) is 57.4 Å². The van der Waals surface area contributed by atoms with E-state index in [4.69, 9.17) is 4.74 Å². The van der Waals surface area contributed by atoms with Crippen LogP contribution in [0.25, 0.3) is 10.9 Å². The van der Waals surface area contributed by atoms with E-state index in [-0.39, 0.29) is 18.3 Å². The van der Waals surface area contributed by atoms with Gasteiger partial charge in [-0.05, 0) is 75.3 Å². The monoisotopic (exact) mass is 437 g/mol. The molecule has 1 fully saturated rings. The molecule has 1 amide bonds. The van der Waals surface area contributed by atoms with Crippen molar-refractivity contribution in [3.8, 4) is 0 Å². The fraction of sp³-hybridized carbons (Fsp3) is 0.423. The number of hydrogen-bond donors (Lipinski definition) is 2. The van der Waals surface area contributed by atoms with Crippen LogP contribution in [-0.2, 0) is 4.74 Å². The third kappa shape index (κ3) is 5.37. The fourth-order valence-corrected chi connectivity index (χ4v) is 4.39. The van der Waals surface area contributed by atoms with Crippen molar-refractivity contribution in [3.63, 3.8) is 0 Å². The van der Waals surface area contributed by atoms with Crippen LogP contribution in [0.4, 0.5) is 4.39 Å². The number of ether oxygens (including phenoxy) is 1. The second-order valence-corrected chi connectivity index (χ2v) is 8.94. The van der Waals surface area contributed by atoms with Crippen molar-refractivity contribution in [2.45, 2.75) is 38.8 Å². The van der Waals surface area contributed by atoms with Crippen LogP contribution < -0.4 is 5.32 Å². The lowest BCUT2D eigenvalue weighted by Gasteiger charge is -2.34. The first kappa shape index (κ1) is 22.5. The average molecular weight is 438 g/mol. The van der Waals surface area contributed by atoms with Crippen molar-refractivity contribution in [2.75, 3.05) is 26.3 Å². The van der Waals surface area contributed by atoms with Crippen LogP contribution in [0.2, 0.25) is 0 Å². The summed E-state index contributed by atoms with van der Waals surface area (Å²) in [6.45, 7) is 7.49. The molecule has 3 aromatic rings. The molecular weight excluding hydrogens is 405 g/mol. The van der Waals surface area contributed by atoms with E-state index in [1.165, 1.54) is 6.07 Å². The van der Waals surface area contributed by atoms with Crippen molar-refractivity contribution >= 4 is 16.8 Å². The van der Waals surface area contributed by atoms with Gasteiger partial charge in [0.1, 0.15) is 5.82 Å². The predicted octanol–water partition coefficient (Wildman–Crippen LogP) is 4.92. The average Bonchev–Trinajstić information content (AvgIpc) is 3.27. The fourth-order valence-electron chi connectivity index (χ4n) is 4.39. The van der Waals surface area contributed by atoms with Gasteiger partial charge in [0.25, 0.3) is 5.91 Å². The lowest BCUT2D eigenvalue weighted by molar-refractivity contribution is 0.0469. The van der Waals surface area contributed by atoms with E-state index < -0.39 is 6.04 Å². The highest BCUT2D eigenvalue weighted by atomic mass is 19.1. The highest BCUT2D eigenvalue weighted by Gasteiger charge is 2.23. The minimum Gasteiger partial charge on any atom is -0.379 e. The van der Waals surface area contributed by atoms with Gasteiger partial charge in [0.05, 0.1) is 12.6 Å². The van der Waals surface area contributed by atoms with Gasteiger partial charge in [-0.2, -0.15) is 0 Å². The van der Waals surface area contributed by atoms with Gasteiger partial charge in [-0.3, -0.25) is 4.79 Å². The van der Waals surface area contributed by atoms with E-state index >= 15 is 0 Å². The summed E-state index contributed by atoms with van der Waals surface area (Å²) >= 11 is 0. The number of rotatable bonds is 8. The normalized spacial score (nSPS) is 16.5. The van der Waals surface area contributed by atoms with Gasteiger partial charge >= 0.3 is 0 Å². The molecule has 0 bridgehead atoms. The van der Waals surface area contributed by atoms with Gasteiger partial charge in [0.2, 0.25) is 0 Å². The molecule has 4 rings (SSSR count). The third-order valence-electron chi connectivity index (χ3n) is 6.42. The van der Waals surface area contributed by atoms with E-state index in [0.717, 1.165) is 36.8 Å². The molecule has 170 valence electrons. The molecular formula is C26H32FN3O2. The minimum atomic E-state index is -0.557. The first-order valence-electron chi connectivity index (χ1n) is 11.5. The number of carbonyl (C=O) groups excluding carboxylic acids is 1. The number of hydrogen-bond acceptors (Lipinski definition) is 3. The van der Waals surface area contributed by atoms with E-state index in [9.17, 15) is 9.18 Å². The predicted molar refractivity (Wildman–Crippen MR) is 125 cm³/mol. The van der Waals surface area contributed by atoms with Crippen LogP contribution in [0, 0.1) is 11.7 Å². The van der Waals surface area contributed by atoms with Crippen molar-refractivity contribution in [1.82, 2.24) is 15.2 Å². The van der Waals surface area contributed by atoms with Crippen LogP contribution in [0.3, 0.4) is 0 Å². The molecule has 1 atom stereocenters. The zero-order chi connectivity index (χ0) is 22.5. The summed E-state index contributed by atoms with van der Waals surface area (Å²) in [5.74, 6) is -0.0905. The number of nitrogens with zero attached hydrogens (tertiary/aromatic N) is 1. The van der Waals surface area contributed by atoms with Crippen LogP contribution in [0.1, 0.15) is 48.7 Å². The molecule has 1 aromatic heterocycles. The summed E-state index contributed by atoms with van der Waals surface area (Å²) in [7, 11) is 0. The molecule has 0 aliphatic carbocycles. The van der Waals surface area contributed by atoms with Crippen molar-refractivity contribution in [3.05, 3.63) is 71.7 Å². The molecule has 1 aliphatic heterocycles. The summed E-state index contributed by atoms with van der Waals surface area (Å²) in [5.41, 5.74) is 1.86. The Morgan fingerprint density at radius 3 is 2.72 bits per heavy atom. The smallest absolute Gasteiger partial charge is 0.251 e. The zero-order valence-corrected chi connectivity index (χ0v) is 18.8. The summed E-state index contributed by atoms with van der Waals surface area (Å²) in [6.07, 6.45) is 4.05. The van der Waals surface area contributed by atoms with Crippen LogP contribution in [-0.4, -0.2) is 48.1 Å². The van der Waals surface area contributed by atoms with Gasteiger partial charge in [0, 0.05) is 35.5 Å². The van der Waals surface area contributed by atoms with Gasteiger partial charge in [0.15, 0.2) is 0 Å². The Morgan fingerprint density at radius 2 is 1.97 bits per heavy atom. The largest absolute Gasteiger partial charge is 0.379 e. The number of carbonyl (C=O) groups is 1. The minimum absolute atomic E-state index is 0.238. The standard InChI is InChI=1S/C26H32FN3O2/c1-18(2)30-13-10-19(11-14-30)16-32-17-25(22-5-3-4-6-23(22)27)29-26(31)21-8-7-20-9-12-28-24(20)15-21/h3-9,12,15,18-19,25,28H,10-11,13-14,16-17H2,1-2H3,(H,29,31). The SMILES string of the molecule is CC(C)N1CCC(COCC(NC(=O)c2ccc3cc[nH]c3c2)c2ccccc2F)CC1. The van der Waals surface area contributed by atoms with Crippen LogP contribution in [0.15, 0.2) is 54.7 Å². The quantitative estimate of drug-likeness (QED) is 0.526. The molecule has 2 aromatic carbocycles. The van der Waals surface area contributed by atoms with Crippen molar-refractivity contribution in [1.29, 1.82) is 0 Å². The van der Waals surface area contributed by atoms with Crippen molar-refractivity contribution < 1.29 is 13.9 Å². The lowest BCUT2D eigenvalue weighted by atomic mass is 9.97. The number of aromatic nitrogens is 1. The number of piperidine rings is 1. The number of aromatic amines is 1. The number of H-pyrrole nitrogens is 1. The molecule has 0 radical (unpaired) electrons. The maximum atomic E-state index is 14.5. The molecule has 1 aliphatic rings. The number of benzene rings is 2. The second-order valence-electron chi connectivity index (χ2n) is 8.94. The number of fused-ring (bicyclic) bond motifs is 1. The van der Waals surface area contributed by atoms with Gasteiger partial charge in [-0.1, -0.05) is 24.3 Å². The van der Waals surface area contributed by atoms with E-state index in [1.807, 2.05) is 24.4 Å². The molecule has 32 heavy (non-hydrogen) atoms. The Balaban J connectivity index is 1.40. The first-order valence-corrected chi connectivity index (χ1v) is 11.5. The Labute approximate surface area is 189 Å². The molecule has 1 saturated heterocycles. The zero-order valence-electron chi connectivity index (χ0n) is 18.8. The second kappa shape index (κ2) is 10.3. The molecule has 2 N–H and O–H groups in total. The van der Waals surface area contributed by atoms with Gasteiger partial charge in [-0.25, -0.2) is 4.39 Å². The summed E-state index contributed by atoms with van der Waals surface area (Å²) < 4.78 is 20.6. The Hall–Kier alpha value is -2.70. The highest BCUT2D eigenvalue weighted by Crippen LogP contribution is 2.22. The molecule has 5 nitrogen and oxygen atoms in total. The number of likely N-dealkylation sites (tertiary alicyclic amines) is 1. The summed E-state index contributed by atoms with van der Waals surface area (Å²) in [6, 6.07) is 14.0. The van der Waals surface area contributed by atoms with E-state index in [0.29, 0.717) is 29.7 Å². The molecule has 6 heteroatoms. The summed E-state index contributed by atoms with van der Waals surface area (Å²) in [4.78, 5) is 18.6. The van der Waals surface area contributed by atoms with E-state index in [1.54, 1.807) is 24.3 Å².